The first kappa shape index (κ1) is 15.0. The van der Waals surface area contributed by atoms with E-state index in [0.29, 0.717) is 4.88 Å². The Kier molecular flexibility index (Phi) is 4.17. The first-order chi connectivity index (χ1) is 9.32. The summed E-state index contributed by atoms with van der Waals surface area (Å²) < 4.78 is 27.7. The first-order valence-electron chi connectivity index (χ1n) is 5.57. The van der Waals surface area contributed by atoms with Gasteiger partial charge in [0.15, 0.2) is 0 Å². The van der Waals surface area contributed by atoms with E-state index in [9.17, 15) is 13.2 Å². The maximum Gasteiger partial charge on any atom is 0.349 e. The molecule has 0 fully saturated rings. The molecule has 20 heavy (non-hydrogen) atoms. The number of methoxy groups -OCH3 is 1. The van der Waals surface area contributed by atoms with E-state index in [2.05, 4.69) is 4.74 Å². The van der Waals surface area contributed by atoms with Gasteiger partial charge in [-0.15, -0.1) is 11.3 Å². The molecule has 1 aromatic carbocycles. The molecule has 1 heterocycles. The van der Waals surface area contributed by atoms with Crippen LogP contribution < -0.4 is 0 Å². The molecular formula is C13H11ClO4S2. The van der Waals surface area contributed by atoms with Gasteiger partial charge in [-0.3, -0.25) is 0 Å². The summed E-state index contributed by atoms with van der Waals surface area (Å²) in [6, 6.07) is 8.92. The Bertz CT molecular complexity index is 762. The van der Waals surface area contributed by atoms with E-state index >= 15 is 0 Å². The van der Waals surface area contributed by atoms with Crippen LogP contribution in [0.5, 0.6) is 0 Å². The van der Waals surface area contributed by atoms with Gasteiger partial charge in [0, 0.05) is 15.6 Å². The number of thiophene rings is 1. The van der Waals surface area contributed by atoms with Gasteiger partial charge in [-0.05, 0) is 18.6 Å². The summed E-state index contributed by atoms with van der Waals surface area (Å²) in [5.74, 6) is -0.715. The molecule has 7 heteroatoms. The second-order valence-corrected chi connectivity index (χ2v) is 7.69. The van der Waals surface area contributed by atoms with E-state index in [4.69, 9.17) is 10.7 Å². The number of hydrogen-bond acceptors (Lipinski definition) is 5. The van der Waals surface area contributed by atoms with Crippen molar-refractivity contribution >= 4 is 37.0 Å². The van der Waals surface area contributed by atoms with E-state index in [1.807, 2.05) is 31.2 Å². The summed E-state index contributed by atoms with van der Waals surface area (Å²) in [5.41, 5.74) is 1.86. The molecule has 0 unspecified atom stereocenters. The van der Waals surface area contributed by atoms with Crippen LogP contribution in [0.15, 0.2) is 35.2 Å². The lowest BCUT2D eigenvalue weighted by atomic mass is 10.1. The first-order valence-corrected chi connectivity index (χ1v) is 8.69. The molecule has 0 atom stereocenters. The molecule has 2 rings (SSSR count). The molecule has 0 saturated heterocycles. The number of aryl methyl sites for hydroxylation is 1. The number of halogens is 1. The minimum atomic E-state index is -4.00. The van der Waals surface area contributed by atoms with Gasteiger partial charge in [-0.1, -0.05) is 29.8 Å². The van der Waals surface area contributed by atoms with Crippen LogP contribution in [-0.2, 0) is 13.8 Å². The van der Waals surface area contributed by atoms with Crippen LogP contribution in [0.2, 0.25) is 0 Å². The van der Waals surface area contributed by atoms with Crippen LogP contribution in [0.25, 0.3) is 10.4 Å². The van der Waals surface area contributed by atoms with Crippen molar-refractivity contribution in [1.82, 2.24) is 0 Å². The van der Waals surface area contributed by atoms with Crippen LogP contribution in [0.1, 0.15) is 15.2 Å². The van der Waals surface area contributed by atoms with Crippen molar-refractivity contribution in [2.75, 3.05) is 7.11 Å². The molecule has 0 N–H and O–H groups in total. The highest BCUT2D eigenvalue weighted by Gasteiger charge is 2.25. The summed E-state index contributed by atoms with van der Waals surface area (Å²) in [6.07, 6.45) is 0. The van der Waals surface area contributed by atoms with Gasteiger partial charge in [-0.2, -0.15) is 0 Å². The summed E-state index contributed by atoms with van der Waals surface area (Å²) in [7, 11) is 2.56. The van der Waals surface area contributed by atoms with Crippen molar-refractivity contribution in [3.63, 3.8) is 0 Å². The molecule has 0 aliphatic carbocycles. The molecular weight excluding hydrogens is 320 g/mol. The Morgan fingerprint density at radius 2 is 2.00 bits per heavy atom. The molecule has 1 aromatic heterocycles. The molecule has 0 spiro atoms. The minimum Gasteiger partial charge on any atom is -0.465 e. The van der Waals surface area contributed by atoms with Gasteiger partial charge in [0.05, 0.1) is 7.11 Å². The molecule has 0 amide bonds. The highest BCUT2D eigenvalue weighted by atomic mass is 35.7. The zero-order valence-corrected chi connectivity index (χ0v) is 13.1. The maximum absolute atomic E-state index is 11.7. The fourth-order valence-corrected chi connectivity index (χ4v) is 4.29. The lowest BCUT2D eigenvalue weighted by molar-refractivity contribution is 0.0602. The number of hydrogen-bond donors (Lipinski definition) is 0. The number of carbonyl (C=O) groups is 1. The van der Waals surface area contributed by atoms with E-state index in [-0.39, 0.29) is 9.77 Å². The van der Waals surface area contributed by atoms with E-state index in [0.717, 1.165) is 22.5 Å². The number of ether oxygens (including phenoxy) is 1. The van der Waals surface area contributed by atoms with Gasteiger partial charge in [-0.25, -0.2) is 13.2 Å². The average Bonchev–Trinajstić information content (AvgIpc) is 2.82. The summed E-state index contributed by atoms with van der Waals surface area (Å²) in [6.45, 7) is 1.93. The highest BCUT2D eigenvalue weighted by molar-refractivity contribution is 8.13. The fourth-order valence-electron chi connectivity index (χ4n) is 1.73. The Morgan fingerprint density at radius 1 is 1.30 bits per heavy atom. The van der Waals surface area contributed by atoms with E-state index in [1.54, 1.807) is 0 Å². The molecule has 0 aliphatic rings. The quantitative estimate of drug-likeness (QED) is 0.639. The third-order valence-electron chi connectivity index (χ3n) is 2.63. The molecule has 0 radical (unpaired) electrons. The van der Waals surface area contributed by atoms with Gasteiger partial charge in [0.2, 0.25) is 0 Å². The largest absolute Gasteiger partial charge is 0.465 e. The van der Waals surface area contributed by atoms with Gasteiger partial charge in [0.25, 0.3) is 9.05 Å². The normalized spacial score (nSPS) is 11.3. The van der Waals surface area contributed by atoms with Crippen LogP contribution >= 0.6 is 22.0 Å². The van der Waals surface area contributed by atoms with Crippen LogP contribution in [-0.4, -0.2) is 21.5 Å². The fraction of sp³-hybridized carbons (Fsp3) is 0.154. The number of rotatable bonds is 3. The minimum absolute atomic E-state index is 0.0148. The van der Waals surface area contributed by atoms with Crippen molar-refractivity contribution in [3.05, 3.63) is 40.8 Å². The van der Waals surface area contributed by atoms with Gasteiger partial charge in [0.1, 0.15) is 9.77 Å². The van der Waals surface area contributed by atoms with Crippen molar-refractivity contribution in [2.24, 2.45) is 0 Å². The SMILES string of the molecule is COC(=O)c1sc(-c2cccc(C)c2)cc1S(=O)(=O)Cl. The van der Waals surface area contributed by atoms with Crippen LogP contribution in [0, 0.1) is 6.92 Å². The third-order valence-corrected chi connectivity index (χ3v) is 5.27. The zero-order chi connectivity index (χ0) is 14.9. The summed E-state index contributed by atoms with van der Waals surface area (Å²) in [5, 5.41) is 0. The number of carbonyl (C=O) groups excluding carboxylic acids is 1. The van der Waals surface area contributed by atoms with E-state index in [1.165, 1.54) is 13.2 Å². The summed E-state index contributed by atoms with van der Waals surface area (Å²) >= 11 is 1.04. The molecule has 106 valence electrons. The smallest absolute Gasteiger partial charge is 0.349 e. The second-order valence-electron chi connectivity index (χ2n) is 4.10. The Morgan fingerprint density at radius 3 is 2.55 bits per heavy atom. The molecule has 0 aliphatic heterocycles. The van der Waals surface area contributed by atoms with Crippen molar-refractivity contribution in [2.45, 2.75) is 11.8 Å². The van der Waals surface area contributed by atoms with Gasteiger partial charge < -0.3 is 4.74 Å². The highest BCUT2D eigenvalue weighted by Crippen LogP contribution is 2.36. The number of esters is 1. The predicted molar refractivity (Wildman–Crippen MR) is 78.9 cm³/mol. The number of benzene rings is 1. The molecule has 2 aromatic rings. The third kappa shape index (κ3) is 3.03. The second kappa shape index (κ2) is 5.55. The predicted octanol–water partition coefficient (Wildman–Crippen LogP) is 3.44. The average molecular weight is 331 g/mol. The Hall–Kier alpha value is -1.37. The van der Waals surface area contributed by atoms with E-state index < -0.39 is 15.0 Å². The molecule has 0 bridgehead atoms. The zero-order valence-electron chi connectivity index (χ0n) is 10.7. The van der Waals surface area contributed by atoms with Gasteiger partial charge >= 0.3 is 5.97 Å². The maximum atomic E-state index is 11.7. The lowest BCUT2D eigenvalue weighted by Gasteiger charge is -1.98. The van der Waals surface area contributed by atoms with Crippen molar-refractivity contribution < 1.29 is 17.9 Å². The molecule has 0 saturated carbocycles. The summed E-state index contributed by atoms with van der Waals surface area (Å²) in [4.78, 5) is 12.1. The standard InChI is InChI=1S/C13H11ClO4S2/c1-8-4-3-5-9(6-8)10-7-11(20(14,16)17)12(19-10)13(15)18-2/h3-7H,1-2H3. The molecule has 4 nitrogen and oxygen atoms in total. The lowest BCUT2D eigenvalue weighted by Crippen LogP contribution is -2.03. The Labute approximate surface area is 125 Å². The van der Waals surface area contributed by atoms with Crippen LogP contribution in [0.3, 0.4) is 0 Å². The van der Waals surface area contributed by atoms with Crippen molar-refractivity contribution in [1.29, 1.82) is 0 Å². The monoisotopic (exact) mass is 330 g/mol. The van der Waals surface area contributed by atoms with Crippen molar-refractivity contribution in [3.8, 4) is 10.4 Å². The Balaban J connectivity index is 2.63. The topological polar surface area (TPSA) is 60.4 Å². The van der Waals surface area contributed by atoms with Crippen LogP contribution in [0.4, 0.5) is 0 Å².